The van der Waals surface area contributed by atoms with Crippen molar-refractivity contribution in [2.45, 2.75) is 52.0 Å². The Kier molecular flexibility index (Phi) is 5.32. The predicted molar refractivity (Wildman–Crippen MR) is 79.5 cm³/mol. The summed E-state index contributed by atoms with van der Waals surface area (Å²) in [5.41, 5.74) is 1.02. The van der Waals surface area contributed by atoms with Crippen LogP contribution in [-0.2, 0) is 11.2 Å². The van der Waals surface area contributed by atoms with Crippen molar-refractivity contribution in [2.75, 3.05) is 18.4 Å². The summed E-state index contributed by atoms with van der Waals surface area (Å²) in [7, 11) is 0. The van der Waals surface area contributed by atoms with E-state index in [-0.39, 0.29) is 11.9 Å². The van der Waals surface area contributed by atoms with Crippen LogP contribution in [0.25, 0.3) is 0 Å². The van der Waals surface area contributed by atoms with Gasteiger partial charge in [0.1, 0.15) is 18.2 Å². The van der Waals surface area contributed by atoms with Crippen molar-refractivity contribution < 1.29 is 4.79 Å². The lowest BCUT2D eigenvalue weighted by Crippen LogP contribution is -2.44. The number of piperidine rings is 1. The molecular formula is C15H24N4O. The number of nitrogens with zero attached hydrogens (tertiary/aromatic N) is 3. The van der Waals surface area contributed by atoms with Gasteiger partial charge in [0, 0.05) is 24.8 Å². The van der Waals surface area contributed by atoms with Gasteiger partial charge in [-0.1, -0.05) is 13.3 Å². The monoisotopic (exact) mass is 276 g/mol. The standard InChI is InChI=1S/C15H24N4O/c1-3-7-13-10-14(17-11-16-13)18-12(2)15(20)19-8-5-4-6-9-19/h10-12H,3-9H2,1-2H3,(H,16,17,18). The number of amides is 1. The van der Waals surface area contributed by atoms with E-state index in [1.54, 1.807) is 6.33 Å². The first-order valence-electron chi connectivity index (χ1n) is 7.57. The molecule has 0 aliphatic carbocycles. The molecule has 0 bridgehead atoms. The highest BCUT2D eigenvalue weighted by atomic mass is 16.2. The van der Waals surface area contributed by atoms with Gasteiger partial charge in [0.15, 0.2) is 0 Å². The molecule has 1 aliphatic rings. The van der Waals surface area contributed by atoms with Crippen LogP contribution >= 0.6 is 0 Å². The molecule has 110 valence electrons. The molecule has 1 atom stereocenters. The van der Waals surface area contributed by atoms with Crippen molar-refractivity contribution in [1.82, 2.24) is 14.9 Å². The van der Waals surface area contributed by atoms with Gasteiger partial charge < -0.3 is 10.2 Å². The van der Waals surface area contributed by atoms with Crippen LogP contribution in [-0.4, -0.2) is 39.9 Å². The molecular weight excluding hydrogens is 252 g/mol. The smallest absolute Gasteiger partial charge is 0.244 e. The molecule has 0 saturated carbocycles. The summed E-state index contributed by atoms with van der Waals surface area (Å²) in [6, 6.07) is 1.70. The topological polar surface area (TPSA) is 58.1 Å². The van der Waals surface area contributed by atoms with Gasteiger partial charge in [-0.25, -0.2) is 9.97 Å². The number of likely N-dealkylation sites (tertiary alicyclic amines) is 1. The third-order valence-electron chi connectivity index (χ3n) is 3.63. The highest BCUT2D eigenvalue weighted by Gasteiger charge is 2.22. The van der Waals surface area contributed by atoms with Crippen LogP contribution < -0.4 is 5.32 Å². The van der Waals surface area contributed by atoms with Crippen molar-refractivity contribution in [3.8, 4) is 0 Å². The second-order valence-corrected chi connectivity index (χ2v) is 5.40. The van der Waals surface area contributed by atoms with E-state index in [0.29, 0.717) is 0 Å². The molecule has 1 unspecified atom stereocenters. The molecule has 1 aromatic rings. The van der Waals surface area contributed by atoms with Gasteiger partial charge in [-0.2, -0.15) is 0 Å². The summed E-state index contributed by atoms with van der Waals surface area (Å²) in [6.45, 7) is 5.79. The van der Waals surface area contributed by atoms with Crippen LogP contribution in [0.5, 0.6) is 0 Å². The van der Waals surface area contributed by atoms with E-state index >= 15 is 0 Å². The minimum absolute atomic E-state index is 0.167. The molecule has 1 fully saturated rings. The number of carbonyl (C=O) groups excluding carboxylic acids is 1. The summed E-state index contributed by atoms with van der Waals surface area (Å²) < 4.78 is 0. The molecule has 1 aliphatic heterocycles. The molecule has 1 amide bonds. The lowest BCUT2D eigenvalue weighted by atomic mass is 10.1. The average Bonchev–Trinajstić information content (AvgIpc) is 2.48. The number of rotatable bonds is 5. The van der Waals surface area contributed by atoms with E-state index in [2.05, 4.69) is 22.2 Å². The lowest BCUT2D eigenvalue weighted by molar-refractivity contribution is -0.132. The number of aryl methyl sites for hydroxylation is 1. The third kappa shape index (κ3) is 3.92. The Morgan fingerprint density at radius 1 is 1.35 bits per heavy atom. The third-order valence-corrected chi connectivity index (χ3v) is 3.63. The van der Waals surface area contributed by atoms with Gasteiger partial charge in [0.25, 0.3) is 0 Å². The predicted octanol–water partition coefficient (Wildman–Crippen LogP) is 2.24. The molecule has 5 heteroatoms. The van der Waals surface area contributed by atoms with E-state index in [0.717, 1.165) is 50.3 Å². The van der Waals surface area contributed by atoms with E-state index in [4.69, 9.17) is 0 Å². The first kappa shape index (κ1) is 14.8. The van der Waals surface area contributed by atoms with E-state index in [9.17, 15) is 4.79 Å². The lowest BCUT2D eigenvalue weighted by Gasteiger charge is -2.29. The summed E-state index contributed by atoms with van der Waals surface area (Å²) in [4.78, 5) is 22.7. The highest BCUT2D eigenvalue weighted by Crippen LogP contribution is 2.12. The summed E-state index contributed by atoms with van der Waals surface area (Å²) in [5, 5.41) is 3.20. The first-order chi connectivity index (χ1) is 9.70. The van der Waals surface area contributed by atoms with E-state index < -0.39 is 0 Å². The van der Waals surface area contributed by atoms with Crippen molar-refractivity contribution in [1.29, 1.82) is 0 Å². The first-order valence-corrected chi connectivity index (χ1v) is 7.57. The van der Waals surface area contributed by atoms with Crippen LogP contribution in [0.1, 0.15) is 45.2 Å². The van der Waals surface area contributed by atoms with Gasteiger partial charge >= 0.3 is 0 Å². The fraction of sp³-hybridized carbons (Fsp3) is 0.667. The molecule has 2 heterocycles. The summed E-state index contributed by atoms with van der Waals surface area (Å²) in [6.07, 6.45) is 7.02. The van der Waals surface area contributed by atoms with Gasteiger partial charge in [-0.3, -0.25) is 4.79 Å². The van der Waals surface area contributed by atoms with Crippen LogP contribution in [0.15, 0.2) is 12.4 Å². The summed E-state index contributed by atoms with van der Waals surface area (Å²) in [5.74, 6) is 0.904. The van der Waals surface area contributed by atoms with Crippen molar-refractivity contribution in [3.63, 3.8) is 0 Å². The average molecular weight is 276 g/mol. The van der Waals surface area contributed by atoms with Crippen LogP contribution in [0, 0.1) is 0 Å². The number of hydrogen-bond donors (Lipinski definition) is 1. The maximum atomic E-state index is 12.3. The second kappa shape index (κ2) is 7.22. The number of hydrogen-bond acceptors (Lipinski definition) is 4. The second-order valence-electron chi connectivity index (χ2n) is 5.40. The Bertz CT molecular complexity index is 443. The maximum Gasteiger partial charge on any atom is 0.244 e. The SMILES string of the molecule is CCCc1cc(NC(C)C(=O)N2CCCCC2)ncn1. The van der Waals surface area contributed by atoms with Crippen molar-refractivity contribution in [3.05, 3.63) is 18.1 Å². The highest BCUT2D eigenvalue weighted by molar-refractivity contribution is 5.84. The molecule has 0 aromatic carbocycles. The number of carbonyl (C=O) groups is 1. The minimum atomic E-state index is -0.238. The fourth-order valence-electron chi connectivity index (χ4n) is 2.54. The Morgan fingerprint density at radius 2 is 2.10 bits per heavy atom. The Labute approximate surface area is 120 Å². The molecule has 1 saturated heterocycles. The van der Waals surface area contributed by atoms with Crippen molar-refractivity contribution in [2.24, 2.45) is 0 Å². The fourth-order valence-corrected chi connectivity index (χ4v) is 2.54. The zero-order chi connectivity index (χ0) is 14.4. The minimum Gasteiger partial charge on any atom is -0.359 e. The number of nitrogens with one attached hydrogen (secondary N) is 1. The van der Waals surface area contributed by atoms with Gasteiger partial charge in [-0.15, -0.1) is 0 Å². The van der Waals surface area contributed by atoms with E-state index in [1.807, 2.05) is 17.9 Å². The largest absolute Gasteiger partial charge is 0.359 e. The Balaban J connectivity index is 1.94. The zero-order valence-corrected chi connectivity index (χ0v) is 12.4. The summed E-state index contributed by atoms with van der Waals surface area (Å²) >= 11 is 0. The van der Waals surface area contributed by atoms with Crippen LogP contribution in [0.2, 0.25) is 0 Å². The van der Waals surface area contributed by atoms with Gasteiger partial charge in [0.2, 0.25) is 5.91 Å². The maximum absolute atomic E-state index is 12.3. The van der Waals surface area contributed by atoms with E-state index in [1.165, 1.54) is 6.42 Å². The number of anilines is 1. The normalized spacial score (nSPS) is 16.8. The molecule has 2 rings (SSSR count). The molecule has 1 N–H and O–H groups in total. The zero-order valence-electron chi connectivity index (χ0n) is 12.4. The Hall–Kier alpha value is -1.65. The molecule has 0 radical (unpaired) electrons. The molecule has 0 spiro atoms. The molecule has 1 aromatic heterocycles. The Morgan fingerprint density at radius 3 is 2.80 bits per heavy atom. The quantitative estimate of drug-likeness (QED) is 0.896. The molecule has 5 nitrogen and oxygen atoms in total. The number of aromatic nitrogens is 2. The van der Waals surface area contributed by atoms with Gasteiger partial charge in [0.05, 0.1) is 0 Å². The van der Waals surface area contributed by atoms with Crippen LogP contribution in [0.3, 0.4) is 0 Å². The van der Waals surface area contributed by atoms with Crippen LogP contribution in [0.4, 0.5) is 5.82 Å². The van der Waals surface area contributed by atoms with Crippen molar-refractivity contribution >= 4 is 11.7 Å². The molecule has 20 heavy (non-hydrogen) atoms. The van der Waals surface area contributed by atoms with Gasteiger partial charge in [-0.05, 0) is 32.6 Å².